The molecule has 1 aliphatic heterocycles. The highest BCUT2D eigenvalue weighted by molar-refractivity contribution is 5.75. The maximum Gasteiger partial charge on any atom is 0.162 e. The maximum absolute atomic E-state index is 9.98. The zero-order valence-electron chi connectivity index (χ0n) is 20.3. The summed E-state index contributed by atoms with van der Waals surface area (Å²) in [5.74, 6) is 2.09. The summed E-state index contributed by atoms with van der Waals surface area (Å²) in [6, 6.07) is 7.97. The van der Waals surface area contributed by atoms with Gasteiger partial charge < -0.3 is 25.2 Å². The molecular formula is C25H34N6O3. The molecule has 9 nitrogen and oxygen atoms in total. The highest BCUT2D eigenvalue weighted by Gasteiger charge is 2.21. The first-order valence-electron chi connectivity index (χ1n) is 11.8. The number of benzene rings is 1. The number of anilines is 1. The van der Waals surface area contributed by atoms with E-state index in [0.717, 1.165) is 65.6 Å². The molecule has 0 amide bonds. The van der Waals surface area contributed by atoms with Gasteiger partial charge in [0.1, 0.15) is 24.3 Å². The predicted octanol–water partition coefficient (Wildman–Crippen LogP) is 3.01. The summed E-state index contributed by atoms with van der Waals surface area (Å²) in [7, 11) is 1.80. The summed E-state index contributed by atoms with van der Waals surface area (Å²) in [5.41, 5.74) is 5.56. The Bertz CT molecular complexity index is 1090. The molecule has 0 saturated carbocycles. The van der Waals surface area contributed by atoms with E-state index in [1.165, 1.54) is 0 Å². The zero-order chi connectivity index (χ0) is 24.1. The zero-order valence-corrected chi connectivity index (χ0v) is 20.3. The molecule has 0 radical (unpaired) electrons. The Morgan fingerprint density at radius 3 is 2.71 bits per heavy atom. The third-order valence-corrected chi connectivity index (χ3v) is 6.05. The number of likely N-dealkylation sites (N-methyl/N-ethyl adjacent to an activating group) is 1. The molecule has 9 heteroatoms. The SMILES string of the molecule is CNCC(O)COc1cccc(-c2nc(NC3CCOCC3)c(C)c(-c3c(C)n[nH]c3C)n2)c1. The Kier molecular flexibility index (Phi) is 7.77. The van der Waals surface area contributed by atoms with Crippen LogP contribution in [0.15, 0.2) is 24.3 Å². The average molecular weight is 467 g/mol. The fourth-order valence-electron chi connectivity index (χ4n) is 4.18. The third kappa shape index (κ3) is 5.55. The second-order valence-corrected chi connectivity index (χ2v) is 8.76. The summed E-state index contributed by atoms with van der Waals surface area (Å²) in [4.78, 5) is 9.90. The molecule has 1 aromatic carbocycles. The van der Waals surface area contributed by atoms with Crippen LogP contribution in [-0.2, 0) is 4.74 Å². The predicted molar refractivity (Wildman–Crippen MR) is 132 cm³/mol. The molecule has 3 aromatic rings. The molecule has 4 N–H and O–H groups in total. The maximum atomic E-state index is 9.98. The smallest absolute Gasteiger partial charge is 0.162 e. The molecule has 1 fully saturated rings. The topological polar surface area (TPSA) is 117 Å². The van der Waals surface area contributed by atoms with Crippen molar-refractivity contribution in [1.29, 1.82) is 0 Å². The van der Waals surface area contributed by atoms with Crippen molar-refractivity contribution in [3.63, 3.8) is 0 Å². The van der Waals surface area contributed by atoms with Gasteiger partial charge in [0, 0.05) is 48.2 Å². The van der Waals surface area contributed by atoms with Crippen LogP contribution < -0.4 is 15.4 Å². The van der Waals surface area contributed by atoms with Gasteiger partial charge in [0.05, 0.1) is 11.4 Å². The van der Waals surface area contributed by atoms with Crippen molar-refractivity contribution >= 4 is 5.82 Å². The molecule has 1 atom stereocenters. The molecule has 4 rings (SSSR count). The van der Waals surface area contributed by atoms with Crippen molar-refractivity contribution in [2.24, 2.45) is 0 Å². The Morgan fingerprint density at radius 1 is 1.21 bits per heavy atom. The van der Waals surface area contributed by atoms with Crippen molar-refractivity contribution in [3.8, 4) is 28.4 Å². The minimum absolute atomic E-state index is 0.203. The lowest BCUT2D eigenvalue weighted by Crippen LogP contribution is -2.29. The Labute approximate surface area is 200 Å². The molecular weight excluding hydrogens is 432 g/mol. The summed E-state index contributed by atoms with van der Waals surface area (Å²) >= 11 is 0. The Morgan fingerprint density at radius 2 is 2.00 bits per heavy atom. The number of nitrogens with zero attached hydrogens (tertiary/aromatic N) is 3. The first kappa shape index (κ1) is 24.1. The van der Waals surface area contributed by atoms with Gasteiger partial charge in [0.2, 0.25) is 0 Å². The fraction of sp³-hybridized carbons (Fsp3) is 0.480. The lowest BCUT2D eigenvalue weighted by atomic mass is 10.0. The van der Waals surface area contributed by atoms with Crippen LogP contribution in [0.5, 0.6) is 5.75 Å². The molecule has 0 bridgehead atoms. The van der Waals surface area contributed by atoms with Gasteiger partial charge in [-0.1, -0.05) is 12.1 Å². The van der Waals surface area contributed by atoms with Gasteiger partial charge in [0.15, 0.2) is 5.82 Å². The molecule has 0 spiro atoms. The number of aliphatic hydroxyl groups is 1. The number of aromatic amines is 1. The van der Waals surface area contributed by atoms with Crippen LogP contribution in [0.25, 0.3) is 22.6 Å². The highest BCUT2D eigenvalue weighted by Crippen LogP contribution is 2.33. The van der Waals surface area contributed by atoms with E-state index in [-0.39, 0.29) is 6.61 Å². The largest absolute Gasteiger partial charge is 0.491 e. The molecule has 0 aliphatic carbocycles. The van der Waals surface area contributed by atoms with Gasteiger partial charge in [-0.25, -0.2) is 9.97 Å². The number of aryl methyl sites for hydroxylation is 2. The number of aliphatic hydroxyl groups excluding tert-OH is 1. The van der Waals surface area contributed by atoms with Gasteiger partial charge in [-0.15, -0.1) is 0 Å². The molecule has 1 unspecified atom stereocenters. The molecule has 2 aromatic heterocycles. The van der Waals surface area contributed by atoms with Gasteiger partial charge in [-0.3, -0.25) is 5.10 Å². The monoisotopic (exact) mass is 466 g/mol. The minimum atomic E-state index is -0.585. The number of aromatic nitrogens is 4. The second-order valence-electron chi connectivity index (χ2n) is 8.76. The van der Waals surface area contributed by atoms with Crippen molar-refractivity contribution in [1.82, 2.24) is 25.5 Å². The summed E-state index contributed by atoms with van der Waals surface area (Å²) in [6.07, 6.45) is 1.30. The van der Waals surface area contributed by atoms with Gasteiger partial charge >= 0.3 is 0 Å². The number of ether oxygens (including phenoxy) is 2. The normalized spacial score (nSPS) is 15.3. The van der Waals surface area contributed by atoms with Crippen molar-refractivity contribution in [3.05, 3.63) is 41.2 Å². The number of hydrogen-bond acceptors (Lipinski definition) is 8. The quantitative estimate of drug-likeness (QED) is 0.380. The van der Waals surface area contributed by atoms with Crippen molar-refractivity contribution in [2.75, 3.05) is 38.7 Å². The Balaban J connectivity index is 1.71. The van der Waals surface area contributed by atoms with Crippen molar-refractivity contribution in [2.45, 2.75) is 45.8 Å². The van der Waals surface area contributed by atoms with Gasteiger partial charge in [-0.2, -0.15) is 5.10 Å². The Hall–Kier alpha value is -3.01. The molecule has 34 heavy (non-hydrogen) atoms. The average Bonchev–Trinajstić information content (AvgIpc) is 3.18. The van der Waals surface area contributed by atoms with E-state index in [4.69, 9.17) is 19.4 Å². The molecule has 3 heterocycles. The van der Waals surface area contributed by atoms with Crippen LogP contribution in [0.1, 0.15) is 29.8 Å². The van der Waals surface area contributed by atoms with Crippen LogP contribution in [0.4, 0.5) is 5.82 Å². The fourth-order valence-corrected chi connectivity index (χ4v) is 4.18. The number of H-pyrrole nitrogens is 1. The van der Waals surface area contributed by atoms with Crippen LogP contribution in [0.2, 0.25) is 0 Å². The van der Waals surface area contributed by atoms with E-state index >= 15 is 0 Å². The van der Waals surface area contributed by atoms with Crippen LogP contribution in [0.3, 0.4) is 0 Å². The van der Waals surface area contributed by atoms with Crippen LogP contribution in [-0.4, -0.2) is 70.8 Å². The number of nitrogens with one attached hydrogen (secondary N) is 3. The van der Waals surface area contributed by atoms with E-state index in [9.17, 15) is 5.11 Å². The number of hydrogen-bond donors (Lipinski definition) is 4. The van der Waals surface area contributed by atoms with E-state index in [1.807, 2.05) is 38.1 Å². The second kappa shape index (κ2) is 10.9. The standard InChI is InChI=1S/C25H34N6O3/c1-15-23(22-16(2)30-31-17(22)3)28-25(29-24(15)27-19-8-10-33-11-9-19)18-6-5-7-21(12-18)34-14-20(32)13-26-4/h5-7,12,19-20,26,32H,8-11,13-14H2,1-4H3,(H,30,31)(H,27,28,29). The van der Waals surface area contributed by atoms with Gasteiger partial charge in [-0.05, 0) is 52.8 Å². The first-order chi connectivity index (χ1) is 16.5. The summed E-state index contributed by atoms with van der Waals surface area (Å²) in [5, 5.41) is 24.0. The van der Waals surface area contributed by atoms with Crippen molar-refractivity contribution < 1.29 is 14.6 Å². The van der Waals surface area contributed by atoms with E-state index in [2.05, 4.69) is 27.8 Å². The van der Waals surface area contributed by atoms with Gasteiger partial charge in [0.25, 0.3) is 0 Å². The van der Waals surface area contributed by atoms with E-state index in [1.54, 1.807) is 7.05 Å². The number of rotatable bonds is 9. The lowest BCUT2D eigenvalue weighted by Gasteiger charge is -2.25. The molecule has 1 aliphatic rings. The first-order valence-corrected chi connectivity index (χ1v) is 11.8. The molecule has 182 valence electrons. The molecule has 1 saturated heterocycles. The third-order valence-electron chi connectivity index (χ3n) is 6.05. The lowest BCUT2D eigenvalue weighted by molar-refractivity contribution is 0.0904. The minimum Gasteiger partial charge on any atom is -0.491 e. The van der Waals surface area contributed by atoms with Crippen LogP contribution >= 0.6 is 0 Å². The van der Waals surface area contributed by atoms with E-state index in [0.29, 0.717) is 24.2 Å². The van der Waals surface area contributed by atoms with E-state index < -0.39 is 6.10 Å². The van der Waals surface area contributed by atoms with Crippen LogP contribution in [0, 0.1) is 20.8 Å². The summed E-state index contributed by atoms with van der Waals surface area (Å²) in [6.45, 7) is 8.21. The highest BCUT2D eigenvalue weighted by atomic mass is 16.5. The summed E-state index contributed by atoms with van der Waals surface area (Å²) < 4.78 is 11.3.